The van der Waals surface area contributed by atoms with Crippen molar-refractivity contribution in [1.82, 2.24) is 5.43 Å². The second kappa shape index (κ2) is 6.42. The van der Waals surface area contributed by atoms with Gasteiger partial charge in [-0.3, -0.25) is 0 Å². The topological polar surface area (TPSA) is 50.7 Å². The summed E-state index contributed by atoms with van der Waals surface area (Å²) in [4.78, 5) is 11.1. The maximum absolute atomic E-state index is 12.9. The summed E-state index contributed by atoms with van der Waals surface area (Å²) in [6.07, 6.45) is -5.86. The van der Waals surface area contributed by atoms with Crippen molar-refractivity contribution in [2.75, 3.05) is 7.11 Å². The first-order chi connectivity index (χ1) is 10.4. The lowest BCUT2D eigenvalue weighted by Crippen LogP contribution is -2.58. The number of benzene rings is 1. The van der Waals surface area contributed by atoms with Gasteiger partial charge < -0.3 is 4.74 Å². The number of carbonyl (C=O) groups excluding carboxylic acids is 1. The van der Waals surface area contributed by atoms with Crippen LogP contribution in [0, 0.1) is 0 Å². The first-order valence-corrected chi connectivity index (χ1v) is 5.73. The number of hydrogen-bond acceptors (Lipinski definition) is 4. The Balaban J connectivity index is 2.81. The first kappa shape index (κ1) is 18.7. The zero-order valence-electron chi connectivity index (χ0n) is 11.3. The molecule has 0 bridgehead atoms. The third kappa shape index (κ3) is 4.11. The highest BCUT2D eigenvalue weighted by Gasteiger charge is 2.73. The van der Waals surface area contributed by atoms with E-state index in [0.29, 0.717) is 11.6 Å². The van der Waals surface area contributed by atoms with E-state index in [4.69, 9.17) is 0 Å². The smallest absolute Gasteiger partial charge is 0.462 e. The van der Waals surface area contributed by atoms with Crippen molar-refractivity contribution in [2.45, 2.75) is 18.1 Å². The molecule has 0 unspecified atom stereocenters. The predicted molar refractivity (Wildman–Crippen MR) is 64.5 cm³/mol. The summed E-state index contributed by atoms with van der Waals surface area (Å²) in [5.74, 6) is -6.98. The molecule has 0 amide bonds. The number of rotatable bonds is 5. The van der Waals surface area contributed by atoms with E-state index in [-0.39, 0.29) is 11.1 Å². The highest BCUT2D eigenvalue weighted by atomic mass is 19.4. The molecule has 0 spiro atoms. The summed E-state index contributed by atoms with van der Waals surface area (Å²) >= 11 is 0. The van der Waals surface area contributed by atoms with Gasteiger partial charge in [-0.25, -0.2) is 10.2 Å². The Hall–Kier alpha value is -2.33. The van der Waals surface area contributed by atoms with E-state index in [2.05, 4.69) is 9.84 Å². The third-order valence-electron chi connectivity index (χ3n) is 2.50. The predicted octanol–water partition coefficient (Wildman–Crippen LogP) is 3.19. The molecule has 1 aromatic rings. The van der Waals surface area contributed by atoms with Gasteiger partial charge in [0.25, 0.3) is 0 Å². The minimum Gasteiger partial charge on any atom is -0.465 e. The van der Waals surface area contributed by atoms with Crippen LogP contribution in [-0.2, 0) is 4.74 Å². The average Bonchev–Trinajstić information content (AvgIpc) is 2.45. The third-order valence-corrected chi connectivity index (χ3v) is 2.50. The Bertz CT molecular complexity index is 582. The van der Waals surface area contributed by atoms with Crippen molar-refractivity contribution in [3.05, 3.63) is 35.4 Å². The second-order valence-electron chi connectivity index (χ2n) is 4.13. The van der Waals surface area contributed by atoms with Crippen molar-refractivity contribution in [3.63, 3.8) is 0 Å². The molecule has 0 aliphatic rings. The molecular formula is C12H9F7N2O2. The SMILES string of the molecule is COC(=O)c1ccc(/C=N/NC(F)(F)C(F)(F)C(F)(F)F)cc1. The Kier molecular flexibility index (Phi) is 5.23. The van der Waals surface area contributed by atoms with E-state index in [1.165, 1.54) is 24.3 Å². The standard InChI is InChI=1S/C12H9F7N2O2/c1-23-9(22)8-4-2-7(3-5-8)6-20-21-12(18,19)10(13,14)11(15,16)17/h2-6,21H,1H3/b20-6+. The molecular weight excluding hydrogens is 337 g/mol. The molecule has 4 nitrogen and oxygen atoms in total. The molecule has 1 N–H and O–H groups in total. The van der Waals surface area contributed by atoms with Crippen LogP contribution in [0.4, 0.5) is 30.7 Å². The van der Waals surface area contributed by atoms with E-state index in [0.717, 1.165) is 7.11 Å². The molecule has 0 heterocycles. The summed E-state index contributed by atoms with van der Waals surface area (Å²) in [7, 11) is 1.13. The molecule has 23 heavy (non-hydrogen) atoms. The fraction of sp³-hybridized carbons (Fsp3) is 0.333. The Morgan fingerprint density at radius 1 is 1.09 bits per heavy atom. The lowest BCUT2D eigenvalue weighted by atomic mass is 10.1. The zero-order chi connectivity index (χ0) is 17.9. The minimum absolute atomic E-state index is 0.0660. The van der Waals surface area contributed by atoms with Gasteiger partial charge in [-0.05, 0) is 17.7 Å². The van der Waals surface area contributed by atoms with Crippen LogP contribution in [0.25, 0.3) is 0 Å². The van der Waals surface area contributed by atoms with Gasteiger partial charge >= 0.3 is 24.1 Å². The number of hydrazone groups is 1. The molecule has 0 saturated heterocycles. The molecule has 0 aromatic heterocycles. The fourth-order valence-electron chi connectivity index (χ4n) is 1.26. The van der Waals surface area contributed by atoms with Gasteiger partial charge in [-0.2, -0.15) is 35.8 Å². The summed E-state index contributed by atoms with van der Waals surface area (Å²) in [6, 6.07) is -0.812. The number of esters is 1. The van der Waals surface area contributed by atoms with E-state index in [1.807, 2.05) is 0 Å². The lowest BCUT2D eigenvalue weighted by Gasteiger charge is -2.27. The second-order valence-corrected chi connectivity index (χ2v) is 4.13. The number of ether oxygens (including phenoxy) is 1. The zero-order valence-corrected chi connectivity index (χ0v) is 11.3. The quantitative estimate of drug-likeness (QED) is 0.293. The monoisotopic (exact) mass is 346 g/mol. The van der Waals surface area contributed by atoms with E-state index in [1.54, 1.807) is 0 Å². The fourth-order valence-corrected chi connectivity index (χ4v) is 1.26. The van der Waals surface area contributed by atoms with Crippen molar-refractivity contribution >= 4 is 12.2 Å². The Morgan fingerprint density at radius 2 is 1.61 bits per heavy atom. The maximum atomic E-state index is 12.9. The van der Waals surface area contributed by atoms with Crippen LogP contribution in [-0.4, -0.2) is 37.4 Å². The number of carbonyl (C=O) groups is 1. The molecule has 128 valence electrons. The highest BCUT2D eigenvalue weighted by Crippen LogP contribution is 2.44. The molecule has 0 aliphatic heterocycles. The molecule has 0 atom stereocenters. The van der Waals surface area contributed by atoms with Crippen LogP contribution in [0.2, 0.25) is 0 Å². The molecule has 0 radical (unpaired) electrons. The van der Waals surface area contributed by atoms with Crippen molar-refractivity contribution in [1.29, 1.82) is 0 Å². The molecule has 11 heteroatoms. The molecule has 0 saturated carbocycles. The summed E-state index contributed by atoms with van der Waals surface area (Å²) in [5.41, 5.74) is 0.661. The van der Waals surface area contributed by atoms with Crippen LogP contribution in [0.5, 0.6) is 0 Å². The summed E-state index contributed by atoms with van der Waals surface area (Å²) < 4.78 is 90.8. The molecule has 0 aliphatic carbocycles. The van der Waals surface area contributed by atoms with Crippen LogP contribution >= 0.6 is 0 Å². The van der Waals surface area contributed by atoms with Crippen LogP contribution in [0.1, 0.15) is 15.9 Å². The average molecular weight is 346 g/mol. The number of methoxy groups -OCH3 is 1. The lowest BCUT2D eigenvalue weighted by molar-refractivity contribution is -0.361. The number of alkyl halides is 7. The van der Waals surface area contributed by atoms with Crippen molar-refractivity contribution in [3.8, 4) is 0 Å². The molecule has 0 fully saturated rings. The highest BCUT2D eigenvalue weighted by molar-refractivity contribution is 5.90. The van der Waals surface area contributed by atoms with Gasteiger partial charge in [-0.15, -0.1) is 0 Å². The molecule has 1 rings (SSSR count). The van der Waals surface area contributed by atoms with Gasteiger partial charge in [-0.1, -0.05) is 12.1 Å². The van der Waals surface area contributed by atoms with Crippen molar-refractivity contribution < 1.29 is 40.3 Å². The summed E-state index contributed by atoms with van der Waals surface area (Å²) in [5, 5.41) is 2.67. The van der Waals surface area contributed by atoms with E-state index < -0.39 is 24.1 Å². The minimum atomic E-state index is -6.44. The Labute approximate surface area is 124 Å². The largest absolute Gasteiger partial charge is 0.465 e. The van der Waals surface area contributed by atoms with Crippen molar-refractivity contribution in [2.24, 2.45) is 5.10 Å². The van der Waals surface area contributed by atoms with Gasteiger partial charge in [0.05, 0.1) is 18.9 Å². The number of nitrogens with one attached hydrogen (secondary N) is 1. The van der Waals surface area contributed by atoms with Gasteiger partial charge in [0.15, 0.2) is 0 Å². The normalized spacial score (nSPS) is 13.2. The number of halogens is 7. The molecule has 1 aromatic carbocycles. The first-order valence-electron chi connectivity index (χ1n) is 5.73. The van der Waals surface area contributed by atoms with E-state index in [9.17, 15) is 35.5 Å². The van der Waals surface area contributed by atoms with Gasteiger partial charge in [0, 0.05) is 0 Å². The van der Waals surface area contributed by atoms with Gasteiger partial charge in [0.1, 0.15) is 0 Å². The summed E-state index contributed by atoms with van der Waals surface area (Å²) in [6.45, 7) is 0. The maximum Gasteiger partial charge on any atom is 0.462 e. The van der Waals surface area contributed by atoms with Crippen LogP contribution in [0.15, 0.2) is 29.4 Å². The number of nitrogens with zero attached hydrogens (tertiary/aromatic N) is 1. The number of hydrogen-bond donors (Lipinski definition) is 1. The van der Waals surface area contributed by atoms with E-state index >= 15 is 0 Å². The van der Waals surface area contributed by atoms with Crippen LogP contribution in [0.3, 0.4) is 0 Å². The van der Waals surface area contributed by atoms with Crippen LogP contribution < -0.4 is 5.43 Å². The Morgan fingerprint density at radius 3 is 2.04 bits per heavy atom. The van der Waals surface area contributed by atoms with Gasteiger partial charge in [0.2, 0.25) is 0 Å².